The van der Waals surface area contributed by atoms with E-state index in [0.29, 0.717) is 0 Å². The van der Waals surface area contributed by atoms with E-state index in [2.05, 4.69) is 21.6 Å². The zero-order chi connectivity index (χ0) is 11.5. The number of hydrogen-bond acceptors (Lipinski definition) is 2. The molecule has 2 N–H and O–H groups in total. The van der Waals surface area contributed by atoms with Crippen LogP contribution in [-0.4, -0.2) is 23.2 Å². The van der Waals surface area contributed by atoms with Crippen molar-refractivity contribution in [3.05, 3.63) is 17.5 Å². The fourth-order valence-corrected chi connectivity index (χ4v) is 0.938. The second kappa shape index (κ2) is 4.33. The average Bonchev–Trinajstić information content (AvgIpc) is 2.61. The zero-order valence-electron chi connectivity index (χ0n) is 7.90. The van der Waals surface area contributed by atoms with Gasteiger partial charge in [-0.3, -0.25) is 9.89 Å². The summed E-state index contributed by atoms with van der Waals surface area (Å²) >= 11 is 0. The van der Waals surface area contributed by atoms with Crippen LogP contribution in [0.1, 0.15) is 17.8 Å². The van der Waals surface area contributed by atoms with Crippen LogP contribution in [-0.2, 0) is 17.4 Å². The smallest absolute Gasteiger partial charge is 0.359 e. The number of aromatic amines is 1. The first-order chi connectivity index (χ1) is 6.93. The maximum Gasteiger partial charge on any atom is 0.435 e. The van der Waals surface area contributed by atoms with Crippen LogP contribution in [0.25, 0.3) is 0 Å². The average molecular weight is 220 g/mol. The first kappa shape index (κ1) is 11.5. The van der Waals surface area contributed by atoms with Gasteiger partial charge < -0.3 is 5.32 Å². The van der Waals surface area contributed by atoms with E-state index in [1.165, 1.54) is 7.05 Å². The predicted molar refractivity (Wildman–Crippen MR) is 44.8 cm³/mol. The molecule has 0 unspecified atom stereocenters. The van der Waals surface area contributed by atoms with Gasteiger partial charge in [0, 0.05) is 25.2 Å². The van der Waals surface area contributed by atoms with E-state index >= 15 is 0 Å². The Bertz CT molecular complexity index is 345. The molecule has 0 bridgehead atoms. The largest absolute Gasteiger partial charge is 0.435 e. The molecule has 1 amide bonds. The summed E-state index contributed by atoms with van der Waals surface area (Å²) < 4.78 is 36.2. The first-order valence-corrected chi connectivity index (χ1v) is 4.18. The van der Waals surface area contributed by atoms with Gasteiger partial charge in [-0.1, -0.05) is 0 Å². The number of aryl methyl sites for hydroxylation is 1. The highest BCUT2D eigenvalue weighted by atomic mass is 19.4. The molecule has 0 aliphatic heterocycles. The van der Waals surface area contributed by atoms with Crippen molar-refractivity contribution < 1.29 is 18.0 Å². The highest BCUT2D eigenvalue weighted by molar-refractivity contribution is 5.75. The summed E-state index contributed by atoms with van der Waals surface area (Å²) in [6.45, 7) is 0. The second-order valence-corrected chi connectivity index (χ2v) is 2.85. The van der Waals surface area contributed by atoms with Crippen LogP contribution in [0.3, 0.4) is 0 Å². The third-order valence-electron chi connectivity index (χ3n) is 1.72. The molecular weight excluding hydrogens is 211 g/mol. The van der Waals surface area contributed by atoms with Crippen molar-refractivity contribution in [3.8, 4) is 0 Å². The van der Waals surface area contributed by atoms with Crippen molar-refractivity contribution in [1.82, 2.24) is 15.5 Å². The molecule has 0 aliphatic rings. The molecule has 1 radical (unpaired) electrons. The van der Waals surface area contributed by atoms with Crippen LogP contribution in [0.2, 0.25) is 0 Å². The maximum absolute atomic E-state index is 12.1. The van der Waals surface area contributed by atoms with Gasteiger partial charge >= 0.3 is 6.18 Å². The van der Waals surface area contributed by atoms with E-state index in [0.717, 1.165) is 0 Å². The number of halogens is 3. The molecule has 0 aliphatic carbocycles. The van der Waals surface area contributed by atoms with Crippen molar-refractivity contribution in [2.75, 3.05) is 7.05 Å². The van der Waals surface area contributed by atoms with Crippen molar-refractivity contribution in [3.63, 3.8) is 0 Å². The molecule has 1 aromatic rings. The minimum atomic E-state index is -4.50. The summed E-state index contributed by atoms with van der Waals surface area (Å²) in [5, 5.41) is 7.60. The number of aromatic nitrogens is 2. The van der Waals surface area contributed by atoms with Crippen LogP contribution in [0, 0.1) is 6.07 Å². The monoisotopic (exact) mass is 220 g/mol. The fraction of sp³-hybridized carbons (Fsp3) is 0.500. The number of carbonyl (C=O) groups excluding carboxylic acids is 1. The van der Waals surface area contributed by atoms with Gasteiger partial charge in [0.15, 0.2) is 5.69 Å². The molecule has 15 heavy (non-hydrogen) atoms. The van der Waals surface area contributed by atoms with Crippen LogP contribution in [0.4, 0.5) is 13.2 Å². The lowest BCUT2D eigenvalue weighted by Gasteiger charge is -1.98. The van der Waals surface area contributed by atoms with Gasteiger partial charge in [0.25, 0.3) is 0 Å². The molecule has 83 valence electrons. The Morgan fingerprint density at radius 2 is 2.27 bits per heavy atom. The fourth-order valence-electron chi connectivity index (χ4n) is 0.938. The normalized spacial score (nSPS) is 11.5. The molecular formula is C8H9F3N3O. The first-order valence-electron chi connectivity index (χ1n) is 4.18. The van der Waals surface area contributed by atoms with E-state index < -0.39 is 11.9 Å². The Morgan fingerprint density at radius 1 is 1.60 bits per heavy atom. The summed E-state index contributed by atoms with van der Waals surface area (Å²) in [6.07, 6.45) is -4.24. The van der Waals surface area contributed by atoms with Crippen LogP contribution in [0.5, 0.6) is 0 Å². The minimum Gasteiger partial charge on any atom is -0.359 e. The lowest BCUT2D eigenvalue weighted by molar-refractivity contribution is -0.141. The Kier molecular flexibility index (Phi) is 3.33. The van der Waals surface area contributed by atoms with E-state index in [4.69, 9.17) is 0 Å². The molecule has 1 rings (SSSR count). The van der Waals surface area contributed by atoms with Gasteiger partial charge in [-0.25, -0.2) is 0 Å². The number of nitrogens with one attached hydrogen (secondary N) is 2. The maximum atomic E-state index is 12.1. The summed E-state index contributed by atoms with van der Waals surface area (Å²) in [6, 6.07) is 2.06. The van der Waals surface area contributed by atoms with E-state index in [1.54, 1.807) is 0 Å². The van der Waals surface area contributed by atoms with Gasteiger partial charge in [-0.2, -0.15) is 18.3 Å². The van der Waals surface area contributed by atoms with Crippen LogP contribution < -0.4 is 5.32 Å². The molecule has 0 aromatic carbocycles. The van der Waals surface area contributed by atoms with Crippen LogP contribution in [0.15, 0.2) is 0 Å². The van der Waals surface area contributed by atoms with Crippen molar-refractivity contribution in [1.29, 1.82) is 0 Å². The molecule has 0 fully saturated rings. The zero-order valence-corrected chi connectivity index (χ0v) is 7.90. The summed E-state index contributed by atoms with van der Waals surface area (Å²) in [5.74, 6) is -0.244. The van der Waals surface area contributed by atoms with Crippen LogP contribution >= 0.6 is 0 Å². The Morgan fingerprint density at radius 3 is 2.73 bits per heavy atom. The lowest BCUT2D eigenvalue weighted by Crippen LogP contribution is -2.18. The number of hydrogen-bond donors (Lipinski definition) is 2. The summed E-state index contributed by atoms with van der Waals surface area (Å²) in [5.41, 5.74) is -0.916. The van der Waals surface area contributed by atoms with E-state index in [-0.39, 0.29) is 24.4 Å². The Labute approximate surface area is 83.9 Å². The summed E-state index contributed by atoms with van der Waals surface area (Å²) in [4.78, 5) is 10.8. The predicted octanol–water partition coefficient (Wildman–Crippen LogP) is 0.907. The molecule has 0 spiro atoms. The van der Waals surface area contributed by atoms with Crippen molar-refractivity contribution >= 4 is 5.91 Å². The second-order valence-electron chi connectivity index (χ2n) is 2.85. The number of rotatable bonds is 3. The van der Waals surface area contributed by atoms with E-state index in [1.807, 2.05) is 0 Å². The Hall–Kier alpha value is -1.53. The lowest BCUT2D eigenvalue weighted by atomic mass is 10.2. The third-order valence-corrected chi connectivity index (χ3v) is 1.72. The van der Waals surface area contributed by atoms with Crippen molar-refractivity contribution in [2.24, 2.45) is 0 Å². The number of H-pyrrole nitrogens is 1. The number of nitrogens with zero attached hydrogens (tertiary/aromatic N) is 1. The van der Waals surface area contributed by atoms with E-state index in [9.17, 15) is 18.0 Å². The molecule has 1 heterocycles. The molecule has 0 saturated heterocycles. The highest BCUT2D eigenvalue weighted by Crippen LogP contribution is 2.27. The molecule has 0 atom stereocenters. The SMILES string of the molecule is CNC(=O)CCc1[c]c(C(F)(F)F)n[nH]1. The third kappa shape index (κ3) is 3.26. The molecule has 1 aromatic heterocycles. The summed E-state index contributed by atoms with van der Waals surface area (Å²) in [7, 11) is 1.46. The van der Waals surface area contributed by atoms with Gasteiger partial charge in [-0.05, 0) is 6.42 Å². The Balaban J connectivity index is 2.58. The number of amides is 1. The topological polar surface area (TPSA) is 57.8 Å². The molecule has 7 heteroatoms. The van der Waals surface area contributed by atoms with Crippen molar-refractivity contribution in [2.45, 2.75) is 19.0 Å². The number of carbonyl (C=O) groups is 1. The van der Waals surface area contributed by atoms with Gasteiger partial charge in [-0.15, -0.1) is 0 Å². The standard InChI is InChI=1S/C8H9F3N3O/c1-12-7(15)3-2-5-4-6(14-13-5)8(9,10)11/h2-3H2,1H3,(H,12,15)(H,13,14). The quantitative estimate of drug-likeness (QED) is 0.795. The van der Waals surface area contributed by atoms with Gasteiger partial charge in [0.1, 0.15) is 0 Å². The van der Waals surface area contributed by atoms with Gasteiger partial charge in [0.05, 0.1) is 0 Å². The van der Waals surface area contributed by atoms with Gasteiger partial charge in [0.2, 0.25) is 5.91 Å². The molecule has 4 nitrogen and oxygen atoms in total. The number of alkyl halides is 3. The highest BCUT2D eigenvalue weighted by Gasteiger charge is 2.34. The molecule has 0 saturated carbocycles. The minimum absolute atomic E-state index is 0.104.